The Morgan fingerprint density at radius 2 is 1.73 bits per heavy atom. The zero-order valence-corrected chi connectivity index (χ0v) is 17.1. The average molecular weight is 418 g/mol. The van der Waals surface area contributed by atoms with Crippen LogP contribution >= 0.6 is 15.9 Å². The first-order valence-electron chi connectivity index (χ1n) is 8.63. The molecule has 1 N–H and O–H groups in total. The van der Waals surface area contributed by atoms with Gasteiger partial charge in [-0.2, -0.15) is 0 Å². The van der Waals surface area contributed by atoms with E-state index in [1.54, 1.807) is 18.2 Å². The lowest BCUT2D eigenvalue weighted by atomic mass is 9.92. The maximum absolute atomic E-state index is 12.5. The van der Waals surface area contributed by atoms with Gasteiger partial charge >= 0.3 is 0 Å². The molecule has 0 aromatic heterocycles. The van der Waals surface area contributed by atoms with Gasteiger partial charge in [-0.05, 0) is 41.2 Å². The molecule has 2 rings (SSSR count). The molecule has 0 bridgehead atoms. The first-order chi connectivity index (χ1) is 12.3. The first-order valence-corrected chi connectivity index (χ1v) is 9.43. The number of nitrogens with one attached hydrogen (secondary N) is 1. The summed E-state index contributed by atoms with van der Waals surface area (Å²) in [6, 6.07) is 11.2. The van der Waals surface area contributed by atoms with Gasteiger partial charge in [-0.3, -0.25) is 9.59 Å². The molecule has 2 aromatic rings. The molecule has 0 heterocycles. The van der Waals surface area contributed by atoms with Gasteiger partial charge in [0.05, 0.1) is 5.56 Å². The largest absolute Gasteiger partial charge is 0.483 e. The molecule has 0 atom stereocenters. The fourth-order valence-corrected chi connectivity index (χ4v) is 3.14. The molecule has 138 valence electrons. The summed E-state index contributed by atoms with van der Waals surface area (Å²) in [4.78, 5) is 23.6. The van der Waals surface area contributed by atoms with Crippen LogP contribution in [0, 0.1) is 0 Å². The van der Waals surface area contributed by atoms with Crippen LogP contribution in [0.1, 0.15) is 61.0 Å². The van der Waals surface area contributed by atoms with Gasteiger partial charge in [-0.15, -0.1) is 0 Å². The van der Waals surface area contributed by atoms with E-state index >= 15 is 0 Å². The molecule has 0 fully saturated rings. The molecule has 4 nitrogen and oxygen atoms in total. The zero-order valence-electron chi connectivity index (χ0n) is 15.5. The number of anilines is 1. The van der Waals surface area contributed by atoms with Gasteiger partial charge in [0.25, 0.3) is 5.91 Å². The van der Waals surface area contributed by atoms with Crippen molar-refractivity contribution in [2.75, 3.05) is 11.9 Å². The summed E-state index contributed by atoms with van der Waals surface area (Å²) >= 11 is 3.31. The Kier molecular flexibility index (Phi) is 6.98. The highest BCUT2D eigenvalue weighted by atomic mass is 79.9. The Balaban J connectivity index is 2.17. The van der Waals surface area contributed by atoms with Crippen LogP contribution in [0.5, 0.6) is 5.75 Å². The normalized spacial score (nSPS) is 10.9. The molecule has 0 unspecified atom stereocenters. The minimum absolute atomic E-state index is 0.160. The highest BCUT2D eigenvalue weighted by molar-refractivity contribution is 9.10. The van der Waals surface area contributed by atoms with Gasteiger partial charge in [0, 0.05) is 10.2 Å². The molecule has 0 spiro atoms. The summed E-state index contributed by atoms with van der Waals surface area (Å²) in [5.74, 6) is 0.718. The van der Waals surface area contributed by atoms with Crippen molar-refractivity contribution >= 4 is 33.8 Å². The molecular formula is C21H24BrNO3. The van der Waals surface area contributed by atoms with Gasteiger partial charge in [0.1, 0.15) is 5.75 Å². The van der Waals surface area contributed by atoms with E-state index in [0.717, 1.165) is 21.3 Å². The third-order valence-corrected chi connectivity index (χ3v) is 4.59. The van der Waals surface area contributed by atoms with Gasteiger partial charge in [-0.25, -0.2) is 0 Å². The van der Waals surface area contributed by atoms with Gasteiger partial charge in [-0.1, -0.05) is 61.8 Å². The Morgan fingerprint density at radius 1 is 1.12 bits per heavy atom. The van der Waals surface area contributed by atoms with Crippen LogP contribution in [0.25, 0.3) is 0 Å². The third-order valence-electron chi connectivity index (χ3n) is 4.09. The number of benzene rings is 2. The smallest absolute Gasteiger partial charge is 0.262 e. The van der Waals surface area contributed by atoms with Crippen molar-refractivity contribution in [3.8, 4) is 5.75 Å². The van der Waals surface area contributed by atoms with Crippen molar-refractivity contribution in [3.05, 3.63) is 57.6 Å². The van der Waals surface area contributed by atoms with E-state index in [1.165, 1.54) is 0 Å². The fourth-order valence-electron chi connectivity index (χ4n) is 2.76. The van der Waals surface area contributed by atoms with Crippen LogP contribution < -0.4 is 10.1 Å². The number of rotatable bonds is 7. The van der Waals surface area contributed by atoms with Crippen LogP contribution in [0.2, 0.25) is 0 Å². The van der Waals surface area contributed by atoms with Gasteiger partial charge in [0.15, 0.2) is 12.9 Å². The SMILES string of the molecule is CC(C)c1cccc(C(C)C)c1NC(=O)COc1ccc(Br)cc1C=O. The molecule has 0 saturated heterocycles. The van der Waals surface area contributed by atoms with Crippen molar-refractivity contribution < 1.29 is 14.3 Å². The van der Waals surface area contributed by atoms with E-state index in [9.17, 15) is 9.59 Å². The van der Waals surface area contributed by atoms with E-state index in [1.807, 2.05) is 18.2 Å². The fraction of sp³-hybridized carbons (Fsp3) is 0.333. The lowest BCUT2D eigenvalue weighted by Crippen LogP contribution is -2.22. The number of aldehydes is 1. The molecule has 5 heteroatoms. The number of ether oxygens (including phenoxy) is 1. The standard InChI is InChI=1S/C21H24BrNO3/c1-13(2)17-6-5-7-18(14(3)4)21(17)23-20(25)12-26-19-9-8-16(22)10-15(19)11-24/h5-11,13-14H,12H2,1-4H3,(H,23,25). The Morgan fingerprint density at radius 3 is 2.27 bits per heavy atom. The molecule has 0 aliphatic rings. The van der Waals surface area contributed by atoms with E-state index < -0.39 is 0 Å². The molecule has 1 amide bonds. The second-order valence-corrected chi connectivity index (χ2v) is 7.67. The summed E-state index contributed by atoms with van der Waals surface area (Å²) in [5, 5.41) is 3.00. The number of para-hydroxylation sites is 1. The van der Waals surface area contributed by atoms with Crippen molar-refractivity contribution in [1.29, 1.82) is 0 Å². The van der Waals surface area contributed by atoms with Crippen LogP contribution in [-0.2, 0) is 4.79 Å². The molecular weight excluding hydrogens is 394 g/mol. The van der Waals surface area contributed by atoms with E-state index in [0.29, 0.717) is 17.6 Å². The number of hydrogen-bond donors (Lipinski definition) is 1. The van der Waals surface area contributed by atoms with E-state index in [-0.39, 0.29) is 24.3 Å². The molecule has 0 aliphatic carbocycles. The van der Waals surface area contributed by atoms with Crippen LogP contribution in [-0.4, -0.2) is 18.8 Å². The molecule has 2 aromatic carbocycles. The summed E-state index contributed by atoms with van der Waals surface area (Å²) in [6.07, 6.45) is 0.711. The summed E-state index contributed by atoms with van der Waals surface area (Å²) in [5.41, 5.74) is 3.46. The number of carbonyl (C=O) groups is 2. The van der Waals surface area contributed by atoms with Crippen LogP contribution in [0.4, 0.5) is 5.69 Å². The monoisotopic (exact) mass is 417 g/mol. The Labute approximate surface area is 163 Å². The second kappa shape index (κ2) is 8.99. The molecule has 26 heavy (non-hydrogen) atoms. The number of halogens is 1. The molecule has 0 saturated carbocycles. The summed E-state index contributed by atoms with van der Waals surface area (Å²) < 4.78 is 6.33. The first kappa shape index (κ1) is 20.2. The van der Waals surface area contributed by atoms with E-state index in [4.69, 9.17) is 4.74 Å². The zero-order chi connectivity index (χ0) is 19.3. The maximum Gasteiger partial charge on any atom is 0.262 e. The minimum Gasteiger partial charge on any atom is -0.483 e. The van der Waals surface area contributed by atoms with Crippen molar-refractivity contribution in [1.82, 2.24) is 0 Å². The van der Waals surface area contributed by atoms with Crippen molar-refractivity contribution in [3.63, 3.8) is 0 Å². The van der Waals surface area contributed by atoms with Crippen molar-refractivity contribution in [2.45, 2.75) is 39.5 Å². The maximum atomic E-state index is 12.5. The summed E-state index contributed by atoms with van der Waals surface area (Å²) in [7, 11) is 0. The third kappa shape index (κ3) is 4.94. The lowest BCUT2D eigenvalue weighted by Gasteiger charge is -2.20. The Bertz CT molecular complexity index is 774. The predicted molar refractivity (Wildman–Crippen MR) is 108 cm³/mol. The minimum atomic E-state index is -0.250. The topological polar surface area (TPSA) is 55.4 Å². The average Bonchev–Trinajstić information content (AvgIpc) is 2.60. The summed E-state index contributed by atoms with van der Waals surface area (Å²) in [6.45, 7) is 8.24. The number of amides is 1. The quantitative estimate of drug-likeness (QED) is 0.602. The highest BCUT2D eigenvalue weighted by Gasteiger charge is 2.16. The molecule has 0 aliphatic heterocycles. The van der Waals surface area contributed by atoms with Crippen LogP contribution in [0.15, 0.2) is 40.9 Å². The van der Waals surface area contributed by atoms with Crippen LogP contribution in [0.3, 0.4) is 0 Å². The molecule has 0 radical (unpaired) electrons. The highest BCUT2D eigenvalue weighted by Crippen LogP contribution is 2.32. The number of hydrogen-bond acceptors (Lipinski definition) is 3. The Hall–Kier alpha value is -2.14. The van der Waals surface area contributed by atoms with Gasteiger partial charge in [0.2, 0.25) is 0 Å². The lowest BCUT2D eigenvalue weighted by molar-refractivity contribution is -0.118. The number of carbonyl (C=O) groups excluding carboxylic acids is 2. The van der Waals surface area contributed by atoms with Crippen molar-refractivity contribution in [2.24, 2.45) is 0 Å². The van der Waals surface area contributed by atoms with Gasteiger partial charge < -0.3 is 10.1 Å². The second-order valence-electron chi connectivity index (χ2n) is 6.76. The van der Waals surface area contributed by atoms with E-state index in [2.05, 4.69) is 48.9 Å². The predicted octanol–water partition coefficient (Wildman–Crippen LogP) is 5.53.